The Kier molecular flexibility index (Phi) is 6.64. The van der Waals surface area contributed by atoms with E-state index in [1.807, 2.05) is 66.7 Å². The summed E-state index contributed by atoms with van der Waals surface area (Å²) in [5.74, 6) is 1.14. The van der Waals surface area contributed by atoms with Gasteiger partial charge in [-0.05, 0) is 47.0 Å². The second kappa shape index (κ2) is 9.76. The minimum atomic E-state index is -0.0872. The van der Waals surface area contributed by atoms with Crippen LogP contribution in [-0.2, 0) is 17.9 Å². The lowest BCUT2D eigenvalue weighted by Crippen LogP contribution is -2.27. The van der Waals surface area contributed by atoms with Crippen LogP contribution < -0.4 is 9.47 Å². The Morgan fingerprint density at radius 3 is 2.55 bits per heavy atom. The number of thiocarbonyl (C=S) groups is 1. The number of benzene rings is 2. The third-order valence-electron chi connectivity index (χ3n) is 4.69. The molecule has 1 aliphatic rings. The molecule has 0 radical (unpaired) electrons. The number of rotatable bonds is 7. The van der Waals surface area contributed by atoms with Gasteiger partial charge in [0.25, 0.3) is 5.91 Å². The number of hydrogen-bond donors (Lipinski definition) is 0. The van der Waals surface area contributed by atoms with Crippen LogP contribution >= 0.6 is 24.0 Å². The zero-order chi connectivity index (χ0) is 21.6. The van der Waals surface area contributed by atoms with Crippen LogP contribution in [0.15, 0.2) is 78.0 Å². The summed E-state index contributed by atoms with van der Waals surface area (Å²) in [4.78, 5) is 19.1. The highest BCUT2D eigenvalue weighted by molar-refractivity contribution is 8.26. The van der Waals surface area contributed by atoms with Crippen LogP contribution in [0.5, 0.6) is 11.5 Å². The summed E-state index contributed by atoms with van der Waals surface area (Å²) >= 11 is 6.75. The summed E-state index contributed by atoms with van der Waals surface area (Å²) in [6, 6.07) is 19.2. The van der Waals surface area contributed by atoms with Crippen LogP contribution in [-0.4, -0.2) is 27.2 Å². The van der Waals surface area contributed by atoms with Gasteiger partial charge in [-0.15, -0.1) is 0 Å². The molecule has 7 heteroatoms. The molecule has 0 N–H and O–H groups in total. The van der Waals surface area contributed by atoms with Crippen molar-refractivity contribution in [3.05, 3.63) is 94.7 Å². The summed E-state index contributed by atoms with van der Waals surface area (Å²) in [6.45, 7) is 0.879. The van der Waals surface area contributed by atoms with E-state index in [4.69, 9.17) is 21.7 Å². The maximum atomic E-state index is 12.9. The predicted molar refractivity (Wildman–Crippen MR) is 127 cm³/mol. The number of thioether (sulfide) groups is 1. The standard InChI is InChI=1S/C24H20N2O3S2/c1-28-21-13-19(7-8-20(21)29-16-18-9-11-25-12-10-18)14-22-23(27)26(24(30)31-22)15-17-5-3-2-4-6-17/h2-14H,15-16H2,1H3/b22-14-. The Balaban J connectivity index is 1.49. The van der Waals surface area contributed by atoms with Crippen LogP contribution in [0.4, 0.5) is 0 Å². The molecular weight excluding hydrogens is 428 g/mol. The van der Waals surface area contributed by atoms with Gasteiger partial charge in [0.05, 0.1) is 18.6 Å². The third kappa shape index (κ3) is 5.13. The fourth-order valence-corrected chi connectivity index (χ4v) is 4.34. The number of methoxy groups -OCH3 is 1. The summed E-state index contributed by atoms with van der Waals surface area (Å²) in [5.41, 5.74) is 2.90. The molecular formula is C24H20N2O3S2. The molecule has 0 aliphatic carbocycles. The number of hydrogen-bond acceptors (Lipinski definition) is 6. The minimum absolute atomic E-state index is 0.0872. The van der Waals surface area contributed by atoms with Gasteiger partial charge in [-0.3, -0.25) is 14.7 Å². The zero-order valence-electron chi connectivity index (χ0n) is 16.9. The largest absolute Gasteiger partial charge is 0.493 e. The van der Waals surface area contributed by atoms with Gasteiger partial charge >= 0.3 is 0 Å². The fourth-order valence-electron chi connectivity index (χ4n) is 3.09. The molecule has 4 rings (SSSR count). The molecule has 31 heavy (non-hydrogen) atoms. The van der Waals surface area contributed by atoms with E-state index in [2.05, 4.69) is 4.98 Å². The highest BCUT2D eigenvalue weighted by Crippen LogP contribution is 2.35. The average molecular weight is 449 g/mol. The molecule has 0 atom stereocenters. The Hall–Kier alpha value is -3.16. The van der Waals surface area contributed by atoms with E-state index in [1.54, 1.807) is 24.4 Å². The first-order valence-corrected chi connectivity index (χ1v) is 10.9. The van der Waals surface area contributed by atoms with Gasteiger partial charge in [-0.25, -0.2) is 0 Å². The Morgan fingerprint density at radius 1 is 1.03 bits per heavy atom. The number of pyridine rings is 1. The Bertz CT molecular complexity index is 1120. The number of nitrogens with zero attached hydrogens (tertiary/aromatic N) is 2. The average Bonchev–Trinajstić information content (AvgIpc) is 3.06. The maximum absolute atomic E-state index is 12.9. The van der Waals surface area contributed by atoms with Crippen molar-refractivity contribution >= 4 is 40.3 Å². The molecule has 0 bridgehead atoms. The molecule has 1 aromatic heterocycles. The van der Waals surface area contributed by atoms with Gasteiger partial charge in [0.2, 0.25) is 0 Å². The molecule has 0 spiro atoms. The first kappa shape index (κ1) is 21.1. The minimum Gasteiger partial charge on any atom is -0.493 e. The third-order valence-corrected chi connectivity index (χ3v) is 6.06. The second-order valence-corrected chi connectivity index (χ2v) is 8.48. The van der Waals surface area contributed by atoms with Gasteiger partial charge in [0, 0.05) is 12.4 Å². The second-order valence-electron chi connectivity index (χ2n) is 6.81. The van der Waals surface area contributed by atoms with Crippen molar-refractivity contribution in [3.63, 3.8) is 0 Å². The van der Waals surface area contributed by atoms with Crippen LogP contribution in [0.2, 0.25) is 0 Å². The van der Waals surface area contributed by atoms with E-state index in [1.165, 1.54) is 11.8 Å². The summed E-state index contributed by atoms with van der Waals surface area (Å²) in [5, 5.41) is 0. The van der Waals surface area contributed by atoms with E-state index in [-0.39, 0.29) is 5.91 Å². The molecule has 3 aromatic rings. The van der Waals surface area contributed by atoms with Gasteiger partial charge in [0.1, 0.15) is 10.9 Å². The van der Waals surface area contributed by atoms with Gasteiger partial charge in [-0.1, -0.05) is 60.4 Å². The zero-order valence-corrected chi connectivity index (χ0v) is 18.5. The van der Waals surface area contributed by atoms with Crippen molar-refractivity contribution in [3.8, 4) is 11.5 Å². The van der Waals surface area contributed by atoms with Crippen molar-refractivity contribution in [2.75, 3.05) is 7.11 Å². The molecule has 1 amide bonds. The lowest BCUT2D eigenvalue weighted by Gasteiger charge is -2.14. The normalized spacial score (nSPS) is 14.9. The first-order valence-electron chi connectivity index (χ1n) is 9.63. The summed E-state index contributed by atoms with van der Waals surface area (Å²) in [7, 11) is 1.59. The Morgan fingerprint density at radius 2 is 1.81 bits per heavy atom. The lowest BCUT2D eigenvalue weighted by atomic mass is 10.1. The molecule has 0 saturated carbocycles. The van der Waals surface area contributed by atoms with E-state index in [9.17, 15) is 4.79 Å². The van der Waals surface area contributed by atoms with E-state index >= 15 is 0 Å². The topological polar surface area (TPSA) is 51.7 Å². The number of ether oxygens (including phenoxy) is 2. The molecule has 156 valence electrons. The number of aromatic nitrogens is 1. The summed E-state index contributed by atoms with van der Waals surface area (Å²) < 4.78 is 11.9. The van der Waals surface area contributed by atoms with E-state index in [0.717, 1.165) is 16.7 Å². The van der Waals surface area contributed by atoms with Crippen molar-refractivity contribution in [2.24, 2.45) is 0 Å². The SMILES string of the molecule is COc1cc(/C=C2\SC(=S)N(Cc3ccccc3)C2=O)ccc1OCc1ccncc1. The molecule has 0 unspecified atom stereocenters. The van der Waals surface area contributed by atoms with Crippen LogP contribution in [0.1, 0.15) is 16.7 Å². The van der Waals surface area contributed by atoms with Gasteiger partial charge < -0.3 is 9.47 Å². The maximum Gasteiger partial charge on any atom is 0.266 e. The van der Waals surface area contributed by atoms with Crippen LogP contribution in [0, 0.1) is 0 Å². The van der Waals surface area contributed by atoms with E-state index in [0.29, 0.717) is 33.9 Å². The molecule has 2 heterocycles. The smallest absolute Gasteiger partial charge is 0.266 e. The van der Waals surface area contributed by atoms with Crippen molar-refractivity contribution in [1.82, 2.24) is 9.88 Å². The molecule has 1 fully saturated rings. The van der Waals surface area contributed by atoms with Crippen LogP contribution in [0.25, 0.3) is 6.08 Å². The summed E-state index contributed by atoms with van der Waals surface area (Å²) in [6.07, 6.45) is 5.29. The number of amides is 1. The quantitative estimate of drug-likeness (QED) is 0.372. The molecule has 2 aromatic carbocycles. The van der Waals surface area contributed by atoms with Gasteiger partial charge in [0.15, 0.2) is 11.5 Å². The monoisotopic (exact) mass is 448 g/mol. The Labute approximate surface area is 190 Å². The van der Waals surface area contributed by atoms with Crippen molar-refractivity contribution in [2.45, 2.75) is 13.2 Å². The number of carbonyl (C=O) groups excluding carboxylic acids is 1. The number of carbonyl (C=O) groups is 1. The molecule has 1 saturated heterocycles. The van der Waals surface area contributed by atoms with Crippen LogP contribution in [0.3, 0.4) is 0 Å². The van der Waals surface area contributed by atoms with Crippen molar-refractivity contribution in [1.29, 1.82) is 0 Å². The molecule has 1 aliphatic heterocycles. The lowest BCUT2D eigenvalue weighted by molar-refractivity contribution is -0.122. The first-order chi connectivity index (χ1) is 15.1. The van der Waals surface area contributed by atoms with Gasteiger partial charge in [-0.2, -0.15) is 0 Å². The van der Waals surface area contributed by atoms with E-state index < -0.39 is 0 Å². The predicted octanol–water partition coefficient (Wildman–Crippen LogP) is 5.07. The highest BCUT2D eigenvalue weighted by Gasteiger charge is 2.32. The molecule has 5 nitrogen and oxygen atoms in total. The highest BCUT2D eigenvalue weighted by atomic mass is 32.2. The van der Waals surface area contributed by atoms with Crippen molar-refractivity contribution < 1.29 is 14.3 Å². The fraction of sp³-hybridized carbons (Fsp3) is 0.125.